The van der Waals surface area contributed by atoms with Crippen LogP contribution in [0.3, 0.4) is 0 Å². The summed E-state index contributed by atoms with van der Waals surface area (Å²) in [6.07, 6.45) is 0. The Balaban J connectivity index is 1.61. The highest BCUT2D eigenvalue weighted by molar-refractivity contribution is 7.89. The van der Waals surface area contributed by atoms with Crippen molar-refractivity contribution in [1.82, 2.24) is 8.87 Å². The molecule has 32 heavy (non-hydrogen) atoms. The first-order valence-electron chi connectivity index (χ1n) is 9.96. The molecule has 0 aliphatic heterocycles. The number of hydrogen-bond donors (Lipinski definition) is 0. The summed E-state index contributed by atoms with van der Waals surface area (Å²) in [4.78, 5) is 25.6. The van der Waals surface area contributed by atoms with E-state index in [2.05, 4.69) is 0 Å². The van der Waals surface area contributed by atoms with Gasteiger partial charge in [-0.15, -0.1) is 0 Å². The molecule has 0 saturated carbocycles. The van der Waals surface area contributed by atoms with Crippen LogP contribution in [0.2, 0.25) is 0 Å². The van der Waals surface area contributed by atoms with E-state index in [9.17, 15) is 18.0 Å². The zero-order valence-corrected chi connectivity index (χ0v) is 18.5. The maximum absolute atomic E-state index is 12.8. The lowest BCUT2D eigenvalue weighted by Crippen LogP contribution is -2.22. The number of carbonyl (C=O) groups excluding carboxylic acids is 1. The third-order valence-electron chi connectivity index (χ3n) is 5.24. The van der Waals surface area contributed by atoms with Crippen LogP contribution in [-0.2, 0) is 32.7 Å². The van der Waals surface area contributed by atoms with Gasteiger partial charge in [-0.25, -0.2) is 12.7 Å². The number of hydrogen-bond acceptors (Lipinski definition) is 5. The smallest absolute Gasteiger partial charge is 0.326 e. The highest BCUT2D eigenvalue weighted by Gasteiger charge is 2.18. The van der Waals surface area contributed by atoms with Crippen molar-refractivity contribution in [2.75, 3.05) is 14.1 Å². The standard InChI is InChI=1S/C24H22N2O5S/c1-25(2)32(29,30)18-9-7-8-17(14-18)16-31-23(27)15-26-21-12-5-3-10-19(21)24(28)20-11-4-6-13-22(20)26/h3-14H,15-16H2,1-2H3. The van der Waals surface area contributed by atoms with E-state index in [0.717, 1.165) is 4.31 Å². The molecule has 4 rings (SSSR count). The third kappa shape index (κ3) is 4.02. The van der Waals surface area contributed by atoms with Gasteiger partial charge in [0.1, 0.15) is 13.2 Å². The predicted octanol–water partition coefficient (Wildman–Crippen LogP) is 3.15. The number of para-hydroxylation sites is 2. The van der Waals surface area contributed by atoms with Gasteiger partial charge >= 0.3 is 5.97 Å². The summed E-state index contributed by atoms with van der Waals surface area (Å²) < 4.78 is 33.0. The van der Waals surface area contributed by atoms with Gasteiger partial charge in [0, 0.05) is 24.9 Å². The van der Waals surface area contributed by atoms with Crippen LogP contribution < -0.4 is 5.43 Å². The zero-order chi connectivity index (χ0) is 22.9. The van der Waals surface area contributed by atoms with Gasteiger partial charge in [0.05, 0.1) is 15.9 Å². The molecule has 164 valence electrons. The Kier molecular flexibility index (Phi) is 5.82. The van der Waals surface area contributed by atoms with Crippen LogP contribution in [0.5, 0.6) is 0 Å². The molecule has 1 aromatic heterocycles. The summed E-state index contributed by atoms with van der Waals surface area (Å²) in [5.74, 6) is -0.496. The molecule has 0 amide bonds. The first-order valence-corrected chi connectivity index (χ1v) is 11.4. The number of sulfonamides is 1. The van der Waals surface area contributed by atoms with E-state index in [-0.39, 0.29) is 23.5 Å². The Morgan fingerprint density at radius 2 is 1.50 bits per heavy atom. The fraction of sp³-hybridized carbons (Fsp3) is 0.167. The minimum Gasteiger partial charge on any atom is -0.459 e. The van der Waals surface area contributed by atoms with E-state index in [1.54, 1.807) is 53.1 Å². The Morgan fingerprint density at radius 1 is 0.906 bits per heavy atom. The summed E-state index contributed by atoms with van der Waals surface area (Å²) in [5, 5.41) is 1.06. The second-order valence-corrected chi connectivity index (χ2v) is 9.70. The zero-order valence-electron chi connectivity index (χ0n) is 17.7. The Bertz CT molecular complexity index is 1430. The van der Waals surface area contributed by atoms with Gasteiger partial charge in [0.25, 0.3) is 0 Å². The van der Waals surface area contributed by atoms with Gasteiger partial charge in [-0.2, -0.15) is 0 Å². The summed E-state index contributed by atoms with van der Waals surface area (Å²) in [7, 11) is -0.661. The number of fused-ring (bicyclic) bond motifs is 2. The van der Waals surface area contributed by atoms with Crippen molar-refractivity contribution in [1.29, 1.82) is 0 Å². The monoisotopic (exact) mass is 450 g/mol. The van der Waals surface area contributed by atoms with Crippen LogP contribution in [0, 0.1) is 0 Å². The van der Waals surface area contributed by atoms with E-state index in [1.807, 2.05) is 12.1 Å². The Morgan fingerprint density at radius 3 is 2.09 bits per heavy atom. The summed E-state index contributed by atoms with van der Waals surface area (Å²) in [6.45, 7) is -0.150. The lowest BCUT2D eigenvalue weighted by molar-refractivity contribution is -0.145. The molecule has 0 radical (unpaired) electrons. The minimum absolute atomic E-state index is 0.0638. The molecule has 0 fully saturated rings. The SMILES string of the molecule is CN(C)S(=O)(=O)c1cccc(COC(=O)Cn2c3ccccc3c(=O)c3ccccc32)c1. The van der Waals surface area contributed by atoms with Crippen LogP contribution in [0.1, 0.15) is 5.56 Å². The number of pyridine rings is 1. The normalized spacial score (nSPS) is 11.8. The van der Waals surface area contributed by atoms with Gasteiger partial charge in [0.2, 0.25) is 10.0 Å². The van der Waals surface area contributed by atoms with Crippen molar-refractivity contribution >= 4 is 37.8 Å². The van der Waals surface area contributed by atoms with E-state index in [0.29, 0.717) is 27.4 Å². The average molecular weight is 451 g/mol. The molecule has 0 bridgehead atoms. The number of ether oxygens (including phenoxy) is 1. The van der Waals surface area contributed by atoms with Crippen molar-refractivity contribution in [3.63, 3.8) is 0 Å². The third-order valence-corrected chi connectivity index (χ3v) is 7.05. The predicted molar refractivity (Wildman–Crippen MR) is 123 cm³/mol. The maximum atomic E-state index is 12.8. The minimum atomic E-state index is -3.58. The second kappa shape index (κ2) is 8.57. The second-order valence-electron chi connectivity index (χ2n) is 7.55. The van der Waals surface area contributed by atoms with Gasteiger partial charge in [-0.1, -0.05) is 36.4 Å². The molecule has 8 heteroatoms. The number of nitrogens with zero attached hydrogens (tertiary/aromatic N) is 2. The fourth-order valence-corrected chi connectivity index (χ4v) is 4.56. The molecule has 0 unspecified atom stereocenters. The maximum Gasteiger partial charge on any atom is 0.326 e. The van der Waals surface area contributed by atoms with E-state index in [4.69, 9.17) is 4.74 Å². The number of rotatable bonds is 6. The quantitative estimate of drug-likeness (QED) is 0.333. The van der Waals surface area contributed by atoms with Gasteiger partial charge in [0.15, 0.2) is 5.43 Å². The molecule has 0 aliphatic rings. The van der Waals surface area contributed by atoms with Crippen LogP contribution >= 0.6 is 0 Å². The van der Waals surface area contributed by atoms with Gasteiger partial charge in [-0.3, -0.25) is 9.59 Å². The van der Waals surface area contributed by atoms with Crippen molar-refractivity contribution < 1.29 is 17.9 Å². The highest BCUT2D eigenvalue weighted by Crippen LogP contribution is 2.20. The average Bonchev–Trinajstić information content (AvgIpc) is 2.80. The topological polar surface area (TPSA) is 85.7 Å². The number of esters is 1. The first kappa shape index (κ1) is 21.7. The summed E-state index contributed by atoms with van der Waals surface area (Å²) in [5.41, 5.74) is 1.77. The fourth-order valence-electron chi connectivity index (χ4n) is 3.59. The lowest BCUT2D eigenvalue weighted by Gasteiger charge is -2.15. The van der Waals surface area contributed by atoms with Crippen molar-refractivity contribution in [3.8, 4) is 0 Å². The number of aromatic nitrogens is 1. The Labute approximate surface area is 185 Å². The molecule has 1 heterocycles. The molecule has 4 aromatic rings. The summed E-state index contributed by atoms with van der Waals surface area (Å²) >= 11 is 0. The number of carbonyl (C=O) groups is 1. The number of benzene rings is 3. The van der Waals surface area contributed by atoms with E-state index < -0.39 is 16.0 Å². The first-order chi connectivity index (χ1) is 15.3. The molecular weight excluding hydrogens is 428 g/mol. The van der Waals surface area contributed by atoms with Gasteiger partial charge in [-0.05, 0) is 42.0 Å². The van der Waals surface area contributed by atoms with Crippen LogP contribution in [0.15, 0.2) is 82.5 Å². The largest absolute Gasteiger partial charge is 0.459 e. The van der Waals surface area contributed by atoms with Crippen molar-refractivity contribution in [2.24, 2.45) is 0 Å². The molecule has 3 aromatic carbocycles. The van der Waals surface area contributed by atoms with E-state index >= 15 is 0 Å². The molecule has 0 aliphatic carbocycles. The van der Waals surface area contributed by atoms with Crippen LogP contribution in [0.4, 0.5) is 0 Å². The van der Waals surface area contributed by atoms with Gasteiger partial charge < -0.3 is 9.30 Å². The van der Waals surface area contributed by atoms with Crippen molar-refractivity contribution in [3.05, 3.63) is 88.6 Å². The van der Waals surface area contributed by atoms with Crippen molar-refractivity contribution in [2.45, 2.75) is 18.0 Å². The molecule has 0 saturated heterocycles. The lowest BCUT2D eigenvalue weighted by atomic mass is 10.1. The highest BCUT2D eigenvalue weighted by atomic mass is 32.2. The van der Waals surface area contributed by atoms with Crippen LogP contribution in [0.25, 0.3) is 21.8 Å². The molecular formula is C24H22N2O5S. The molecule has 0 atom stereocenters. The summed E-state index contributed by atoms with van der Waals surface area (Å²) in [6, 6.07) is 20.6. The molecule has 7 nitrogen and oxygen atoms in total. The van der Waals surface area contributed by atoms with Crippen LogP contribution in [-0.4, -0.2) is 37.4 Å². The Hall–Kier alpha value is -3.49. The molecule has 0 spiro atoms. The molecule has 0 N–H and O–H groups in total. The van der Waals surface area contributed by atoms with E-state index in [1.165, 1.54) is 26.2 Å².